The molecule has 6 nitrogen and oxygen atoms in total. The molecule has 2 N–H and O–H groups in total. The van der Waals surface area contributed by atoms with Gasteiger partial charge in [-0.2, -0.15) is 0 Å². The lowest BCUT2D eigenvalue weighted by Crippen LogP contribution is -2.20. The maximum atomic E-state index is 12.4. The van der Waals surface area contributed by atoms with E-state index in [2.05, 4.69) is 15.6 Å². The lowest BCUT2D eigenvalue weighted by atomic mass is 10.1. The van der Waals surface area contributed by atoms with Gasteiger partial charge >= 0.3 is 11.7 Å². The first-order chi connectivity index (χ1) is 13.6. The summed E-state index contributed by atoms with van der Waals surface area (Å²) in [6.45, 7) is 1.95. The minimum atomic E-state index is -0.473. The molecule has 0 radical (unpaired) electrons. The Bertz CT molecular complexity index is 1230. The van der Waals surface area contributed by atoms with Gasteiger partial charge in [-0.3, -0.25) is 0 Å². The minimum Gasteiger partial charge on any atom is -0.403 e. The summed E-state index contributed by atoms with van der Waals surface area (Å²) in [5.41, 5.74) is 2.79. The first-order valence-electron chi connectivity index (χ1n) is 8.74. The van der Waals surface area contributed by atoms with E-state index in [1.165, 1.54) is 0 Å². The van der Waals surface area contributed by atoms with Crippen molar-refractivity contribution in [3.63, 3.8) is 0 Å². The Hall–Kier alpha value is -3.93. The van der Waals surface area contributed by atoms with E-state index in [1.807, 2.05) is 31.2 Å². The van der Waals surface area contributed by atoms with Crippen molar-refractivity contribution in [2.75, 3.05) is 10.6 Å². The van der Waals surface area contributed by atoms with Crippen molar-refractivity contribution in [2.45, 2.75) is 6.92 Å². The molecule has 4 aromatic rings. The van der Waals surface area contributed by atoms with Crippen LogP contribution in [0.25, 0.3) is 22.4 Å². The van der Waals surface area contributed by atoms with Gasteiger partial charge in [0.05, 0.1) is 22.2 Å². The zero-order valence-electron chi connectivity index (χ0n) is 15.1. The molecule has 1 heterocycles. The van der Waals surface area contributed by atoms with Crippen molar-refractivity contribution in [3.05, 3.63) is 88.8 Å². The molecule has 1 aromatic heterocycles. The molecule has 0 fully saturated rings. The highest BCUT2D eigenvalue weighted by Gasteiger charge is 2.14. The molecule has 2 amide bonds. The Morgan fingerprint density at radius 3 is 2.57 bits per heavy atom. The van der Waals surface area contributed by atoms with Crippen LogP contribution in [0.1, 0.15) is 5.56 Å². The number of nitrogens with one attached hydrogen (secondary N) is 2. The number of aromatic nitrogens is 1. The molecule has 0 atom stereocenters. The number of amides is 2. The minimum absolute atomic E-state index is 0.148. The Labute approximate surface area is 160 Å². The third-order valence-electron chi connectivity index (χ3n) is 4.22. The topological polar surface area (TPSA) is 84.2 Å². The highest BCUT2D eigenvalue weighted by Crippen LogP contribution is 2.27. The summed E-state index contributed by atoms with van der Waals surface area (Å²) in [4.78, 5) is 29.1. The van der Waals surface area contributed by atoms with E-state index >= 15 is 0 Å². The summed E-state index contributed by atoms with van der Waals surface area (Å²) in [6.07, 6.45) is 0. The van der Waals surface area contributed by atoms with Gasteiger partial charge in [-0.1, -0.05) is 36.4 Å². The fraction of sp³-hybridized carbons (Fsp3) is 0.0455. The number of fused-ring (bicyclic) bond motifs is 1. The van der Waals surface area contributed by atoms with Crippen LogP contribution in [0.5, 0.6) is 0 Å². The molecular formula is C22H17N3O3. The lowest BCUT2D eigenvalue weighted by molar-refractivity contribution is 0.262. The van der Waals surface area contributed by atoms with Gasteiger partial charge in [0.1, 0.15) is 0 Å². The Balaban J connectivity index is 1.66. The fourth-order valence-corrected chi connectivity index (χ4v) is 2.92. The van der Waals surface area contributed by atoms with E-state index in [0.717, 1.165) is 5.56 Å². The summed E-state index contributed by atoms with van der Waals surface area (Å²) >= 11 is 0. The first kappa shape index (κ1) is 17.5. The Kier molecular flexibility index (Phi) is 4.60. The van der Waals surface area contributed by atoms with Crippen LogP contribution in [0.4, 0.5) is 16.2 Å². The van der Waals surface area contributed by atoms with Gasteiger partial charge < -0.3 is 15.1 Å². The summed E-state index contributed by atoms with van der Waals surface area (Å²) in [6, 6.07) is 21.1. The van der Waals surface area contributed by atoms with Crippen LogP contribution in [-0.4, -0.2) is 11.0 Å². The molecule has 0 bridgehead atoms. The Morgan fingerprint density at radius 1 is 0.929 bits per heavy atom. The third kappa shape index (κ3) is 3.61. The van der Waals surface area contributed by atoms with Gasteiger partial charge in [-0.05, 0) is 48.9 Å². The van der Waals surface area contributed by atoms with Crippen molar-refractivity contribution in [1.29, 1.82) is 0 Å². The van der Waals surface area contributed by atoms with E-state index in [-0.39, 0.29) is 5.89 Å². The van der Waals surface area contributed by atoms with Gasteiger partial charge in [0, 0.05) is 5.69 Å². The molecule has 0 aliphatic carbocycles. The second kappa shape index (κ2) is 7.36. The number of anilines is 2. The molecule has 138 valence electrons. The normalized spacial score (nSPS) is 10.6. The van der Waals surface area contributed by atoms with Crippen molar-refractivity contribution in [2.24, 2.45) is 0 Å². The van der Waals surface area contributed by atoms with E-state index in [9.17, 15) is 9.59 Å². The van der Waals surface area contributed by atoms with E-state index < -0.39 is 11.7 Å². The average molecular weight is 371 g/mol. The summed E-state index contributed by atoms with van der Waals surface area (Å²) < 4.78 is 5.39. The van der Waals surface area contributed by atoms with E-state index in [4.69, 9.17) is 4.42 Å². The number of para-hydroxylation sites is 2. The van der Waals surface area contributed by atoms with Crippen LogP contribution in [0.2, 0.25) is 0 Å². The molecule has 28 heavy (non-hydrogen) atoms. The van der Waals surface area contributed by atoms with Gasteiger partial charge in [0.15, 0.2) is 0 Å². The molecule has 4 rings (SSSR count). The molecule has 0 aliphatic heterocycles. The SMILES string of the molecule is Cc1cccc(NC(=O)Nc2ccccc2-c2nc3ccccc3c(=O)o2)c1. The van der Waals surface area contributed by atoms with Crippen molar-refractivity contribution in [3.8, 4) is 11.5 Å². The largest absolute Gasteiger partial charge is 0.403 e. The molecule has 3 aromatic carbocycles. The predicted octanol–water partition coefficient (Wildman–Crippen LogP) is 4.81. The number of benzene rings is 3. The van der Waals surface area contributed by atoms with Crippen molar-refractivity contribution in [1.82, 2.24) is 4.98 Å². The monoisotopic (exact) mass is 371 g/mol. The highest BCUT2D eigenvalue weighted by molar-refractivity contribution is 6.02. The van der Waals surface area contributed by atoms with Crippen LogP contribution < -0.4 is 16.3 Å². The molecule has 0 saturated carbocycles. The molecule has 0 unspecified atom stereocenters. The van der Waals surface area contributed by atoms with Crippen LogP contribution in [0, 0.1) is 6.92 Å². The van der Waals surface area contributed by atoms with Crippen molar-refractivity contribution >= 4 is 28.3 Å². The van der Waals surface area contributed by atoms with E-state index in [0.29, 0.717) is 27.8 Å². The van der Waals surface area contributed by atoms with Crippen LogP contribution in [0.3, 0.4) is 0 Å². The van der Waals surface area contributed by atoms with Crippen molar-refractivity contribution < 1.29 is 9.21 Å². The second-order valence-electron chi connectivity index (χ2n) is 6.32. The maximum Gasteiger partial charge on any atom is 0.347 e. The van der Waals surface area contributed by atoms with Crippen LogP contribution in [0.15, 0.2) is 82.0 Å². The number of hydrogen-bond acceptors (Lipinski definition) is 4. The average Bonchev–Trinajstić information content (AvgIpc) is 2.68. The zero-order chi connectivity index (χ0) is 19.5. The number of urea groups is 1. The standard InChI is InChI=1S/C22H17N3O3/c1-14-7-6-8-15(13-14)23-22(27)25-18-11-4-2-9-16(18)20-24-19-12-5-3-10-17(19)21(26)28-20/h2-13H,1H3,(H2,23,25,27). The van der Waals surface area contributed by atoms with Crippen LogP contribution >= 0.6 is 0 Å². The first-order valence-corrected chi connectivity index (χ1v) is 8.74. The number of carbonyl (C=O) groups excluding carboxylic acids is 1. The third-order valence-corrected chi connectivity index (χ3v) is 4.22. The Morgan fingerprint density at radius 2 is 1.71 bits per heavy atom. The molecule has 6 heteroatoms. The smallest absolute Gasteiger partial charge is 0.347 e. The summed E-state index contributed by atoms with van der Waals surface area (Å²) in [7, 11) is 0. The molecular weight excluding hydrogens is 354 g/mol. The van der Waals surface area contributed by atoms with Gasteiger partial charge in [0.25, 0.3) is 0 Å². The number of rotatable bonds is 3. The maximum absolute atomic E-state index is 12.4. The quantitative estimate of drug-likeness (QED) is 0.541. The predicted molar refractivity (Wildman–Crippen MR) is 110 cm³/mol. The lowest BCUT2D eigenvalue weighted by Gasteiger charge is -2.11. The molecule has 0 aliphatic rings. The zero-order valence-corrected chi connectivity index (χ0v) is 15.1. The van der Waals surface area contributed by atoms with E-state index in [1.54, 1.807) is 48.5 Å². The van der Waals surface area contributed by atoms with Gasteiger partial charge in [-0.15, -0.1) is 0 Å². The summed E-state index contributed by atoms with van der Waals surface area (Å²) in [5, 5.41) is 5.99. The second-order valence-corrected chi connectivity index (χ2v) is 6.32. The number of hydrogen-bond donors (Lipinski definition) is 2. The van der Waals surface area contributed by atoms with Gasteiger partial charge in [-0.25, -0.2) is 14.6 Å². The van der Waals surface area contributed by atoms with Crippen LogP contribution in [-0.2, 0) is 0 Å². The fourth-order valence-electron chi connectivity index (χ4n) is 2.92. The molecule has 0 saturated heterocycles. The molecule has 0 spiro atoms. The number of aryl methyl sites for hydroxylation is 1. The highest BCUT2D eigenvalue weighted by atomic mass is 16.4. The van der Waals surface area contributed by atoms with Gasteiger partial charge in [0.2, 0.25) is 5.89 Å². The number of carbonyl (C=O) groups is 1. The number of nitrogens with zero attached hydrogens (tertiary/aromatic N) is 1. The summed E-state index contributed by atoms with van der Waals surface area (Å²) in [5.74, 6) is 0.148.